The number of nitrogens with zero attached hydrogens (tertiary/aromatic N) is 2. The van der Waals surface area contributed by atoms with Crippen molar-refractivity contribution < 1.29 is 14.3 Å². The molecule has 1 amide bonds. The fraction of sp³-hybridized carbons (Fsp3) is 0.364. The summed E-state index contributed by atoms with van der Waals surface area (Å²) in [5, 5.41) is 4.88. The second-order valence-electron chi connectivity index (χ2n) is 6.69. The van der Waals surface area contributed by atoms with Gasteiger partial charge in [0, 0.05) is 30.2 Å². The number of ether oxygens (including phenoxy) is 2. The van der Waals surface area contributed by atoms with Gasteiger partial charge in [0.15, 0.2) is 0 Å². The minimum atomic E-state index is -0.268. The second-order valence-corrected chi connectivity index (χ2v) is 7.12. The van der Waals surface area contributed by atoms with E-state index in [2.05, 4.69) is 15.4 Å². The van der Waals surface area contributed by atoms with Crippen LogP contribution in [0.1, 0.15) is 29.3 Å². The van der Waals surface area contributed by atoms with E-state index in [1.807, 2.05) is 31.2 Å². The summed E-state index contributed by atoms with van der Waals surface area (Å²) >= 11 is 5.85. The maximum atomic E-state index is 12.2. The largest absolute Gasteiger partial charge is 0.492 e. The summed E-state index contributed by atoms with van der Waals surface area (Å²) in [6, 6.07) is 14.5. The number of amides is 1. The van der Waals surface area contributed by atoms with Crippen LogP contribution in [0.5, 0.6) is 5.75 Å². The third-order valence-electron chi connectivity index (χ3n) is 4.70. The molecule has 154 valence electrons. The van der Waals surface area contributed by atoms with Crippen molar-refractivity contribution in [2.75, 3.05) is 39.5 Å². The lowest BCUT2D eigenvalue weighted by atomic mass is 10.1. The lowest BCUT2D eigenvalue weighted by molar-refractivity contribution is 0.0322. The molecule has 1 heterocycles. The highest BCUT2D eigenvalue weighted by Crippen LogP contribution is 2.14. The van der Waals surface area contributed by atoms with Crippen molar-refractivity contribution in [3.8, 4) is 5.75 Å². The number of hydrazone groups is 1. The molecule has 0 bridgehead atoms. The standard InChI is InChI=1S/C22H26ClN3O3/c1-2-21(24-25-22(27)18-3-7-19(23)8-4-18)17-5-9-20(10-6-17)29-16-13-26-11-14-28-15-12-26/h3-10H,2,11-16H2,1H3,(H,25,27). The van der Waals surface area contributed by atoms with E-state index in [9.17, 15) is 4.79 Å². The van der Waals surface area contributed by atoms with E-state index in [1.165, 1.54) is 0 Å². The summed E-state index contributed by atoms with van der Waals surface area (Å²) in [4.78, 5) is 14.6. The average molecular weight is 416 g/mol. The number of morpholine rings is 1. The Labute approximate surface area is 176 Å². The molecule has 0 radical (unpaired) electrons. The van der Waals surface area contributed by atoms with Gasteiger partial charge < -0.3 is 9.47 Å². The number of nitrogens with one attached hydrogen (secondary N) is 1. The molecule has 1 saturated heterocycles. The van der Waals surface area contributed by atoms with Crippen molar-refractivity contribution in [2.45, 2.75) is 13.3 Å². The van der Waals surface area contributed by atoms with Crippen LogP contribution in [0.15, 0.2) is 53.6 Å². The van der Waals surface area contributed by atoms with Crippen LogP contribution in [0.3, 0.4) is 0 Å². The minimum Gasteiger partial charge on any atom is -0.492 e. The molecule has 7 heteroatoms. The first-order valence-corrected chi connectivity index (χ1v) is 10.2. The SMILES string of the molecule is CCC(=NNC(=O)c1ccc(Cl)cc1)c1ccc(OCCN2CCOCC2)cc1. The molecule has 0 unspecified atom stereocenters. The lowest BCUT2D eigenvalue weighted by Gasteiger charge is -2.26. The van der Waals surface area contributed by atoms with Gasteiger partial charge in [-0.1, -0.05) is 18.5 Å². The number of rotatable bonds is 8. The Morgan fingerprint density at radius 3 is 2.41 bits per heavy atom. The Hall–Kier alpha value is -2.41. The molecule has 0 spiro atoms. The van der Waals surface area contributed by atoms with Crippen LogP contribution < -0.4 is 10.2 Å². The van der Waals surface area contributed by atoms with E-state index in [0.717, 1.165) is 49.9 Å². The fourth-order valence-corrected chi connectivity index (χ4v) is 3.12. The van der Waals surface area contributed by atoms with Gasteiger partial charge >= 0.3 is 0 Å². The zero-order valence-electron chi connectivity index (χ0n) is 16.6. The van der Waals surface area contributed by atoms with E-state index >= 15 is 0 Å². The van der Waals surface area contributed by atoms with Gasteiger partial charge in [-0.2, -0.15) is 5.10 Å². The maximum absolute atomic E-state index is 12.2. The van der Waals surface area contributed by atoms with Crippen LogP contribution in [0, 0.1) is 0 Å². The number of hydrogen-bond donors (Lipinski definition) is 1. The number of benzene rings is 2. The molecule has 0 aromatic heterocycles. The van der Waals surface area contributed by atoms with E-state index in [1.54, 1.807) is 24.3 Å². The van der Waals surface area contributed by atoms with Crippen LogP contribution in [0.25, 0.3) is 0 Å². The third-order valence-corrected chi connectivity index (χ3v) is 4.95. The number of carbonyl (C=O) groups is 1. The highest BCUT2D eigenvalue weighted by atomic mass is 35.5. The summed E-state index contributed by atoms with van der Waals surface area (Å²) in [6.45, 7) is 7.04. The van der Waals surface area contributed by atoms with Crippen molar-refractivity contribution in [1.29, 1.82) is 0 Å². The zero-order chi connectivity index (χ0) is 20.5. The monoisotopic (exact) mass is 415 g/mol. The molecule has 2 aromatic carbocycles. The summed E-state index contributed by atoms with van der Waals surface area (Å²) < 4.78 is 11.2. The quantitative estimate of drug-likeness (QED) is 0.528. The summed E-state index contributed by atoms with van der Waals surface area (Å²) in [6.07, 6.45) is 0.693. The van der Waals surface area contributed by atoms with Gasteiger partial charge in [0.25, 0.3) is 5.91 Å². The first-order chi connectivity index (χ1) is 14.2. The molecule has 1 aliphatic rings. The average Bonchev–Trinajstić information content (AvgIpc) is 2.76. The summed E-state index contributed by atoms with van der Waals surface area (Å²) in [5.41, 5.74) is 4.87. The predicted molar refractivity (Wildman–Crippen MR) is 115 cm³/mol. The van der Waals surface area contributed by atoms with Crippen molar-refractivity contribution in [3.05, 3.63) is 64.7 Å². The van der Waals surface area contributed by atoms with E-state index in [4.69, 9.17) is 21.1 Å². The molecule has 29 heavy (non-hydrogen) atoms. The number of carbonyl (C=O) groups excluding carboxylic acids is 1. The van der Waals surface area contributed by atoms with Gasteiger partial charge in [-0.25, -0.2) is 5.43 Å². The number of halogens is 1. The molecule has 1 N–H and O–H groups in total. The summed E-state index contributed by atoms with van der Waals surface area (Å²) in [5.74, 6) is 0.554. The predicted octanol–water partition coefficient (Wildman–Crippen LogP) is 3.60. The van der Waals surface area contributed by atoms with Crippen LogP contribution in [0.2, 0.25) is 5.02 Å². The van der Waals surface area contributed by atoms with Gasteiger partial charge in [0.05, 0.1) is 18.9 Å². The van der Waals surface area contributed by atoms with Gasteiger partial charge in [-0.05, 0) is 60.5 Å². The maximum Gasteiger partial charge on any atom is 0.271 e. The van der Waals surface area contributed by atoms with Crippen LogP contribution in [0.4, 0.5) is 0 Å². The molecular weight excluding hydrogens is 390 g/mol. The van der Waals surface area contributed by atoms with E-state index < -0.39 is 0 Å². The van der Waals surface area contributed by atoms with Crippen LogP contribution in [-0.2, 0) is 4.74 Å². The van der Waals surface area contributed by atoms with Crippen LogP contribution >= 0.6 is 11.6 Å². The second kappa shape index (κ2) is 11.0. The molecule has 1 aliphatic heterocycles. The molecule has 6 nitrogen and oxygen atoms in total. The highest BCUT2D eigenvalue weighted by molar-refractivity contribution is 6.30. The molecule has 1 fully saturated rings. The van der Waals surface area contributed by atoms with Gasteiger partial charge in [-0.3, -0.25) is 9.69 Å². The molecule has 0 atom stereocenters. The molecule has 3 rings (SSSR count). The normalized spacial score (nSPS) is 15.2. The molecule has 0 aliphatic carbocycles. The van der Waals surface area contributed by atoms with Crippen molar-refractivity contribution >= 4 is 23.2 Å². The van der Waals surface area contributed by atoms with Gasteiger partial charge in [0.1, 0.15) is 12.4 Å². The Kier molecular flexibility index (Phi) is 8.04. The van der Waals surface area contributed by atoms with Crippen LogP contribution in [-0.4, -0.2) is 56.0 Å². The molecule has 2 aromatic rings. The number of hydrogen-bond acceptors (Lipinski definition) is 5. The smallest absolute Gasteiger partial charge is 0.271 e. The fourth-order valence-electron chi connectivity index (χ4n) is 2.99. The summed E-state index contributed by atoms with van der Waals surface area (Å²) in [7, 11) is 0. The Balaban J connectivity index is 1.52. The Morgan fingerprint density at radius 2 is 1.76 bits per heavy atom. The minimum absolute atomic E-state index is 0.268. The van der Waals surface area contributed by atoms with Gasteiger partial charge in [-0.15, -0.1) is 0 Å². The third kappa shape index (κ3) is 6.56. The lowest BCUT2D eigenvalue weighted by Crippen LogP contribution is -2.38. The molecule has 0 saturated carbocycles. The Bertz CT molecular complexity index is 816. The van der Waals surface area contributed by atoms with Crippen molar-refractivity contribution in [3.63, 3.8) is 0 Å². The topological polar surface area (TPSA) is 63.2 Å². The first kappa shape index (κ1) is 21.3. The van der Waals surface area contributed by atoms with Crippen molar-refractivity contribution in [2.24, 2.45) is 5.10 Å². The first-order valence-electron chi connectivity index (χ1n) is 9.81. The van der Waals surface area contributed by atoms with Gasteiger partial charge in [0.2, 0.25) is 0 Å². The highest BCUT2D eigenvalue weighted by Gasteiger charge is 2.10. The zero-order valence-corrected chi connectivity index (χ0v) is 17.3. The van der Waals surface area contributed by atoms with Crippen molar-refractivity contribution in [1.82, 2.24) is 10.3 Å². The molecular formula is C22H26ClN3O3. The Morgan fingerprint density at radius 1 is 1.10 bits per heavy atom. The van der Waals surface area contributed by atoms with E-state index in [0.29, 0.717) is 23.6 Å². The van der Waals surface area contributed by atoms with E-state index in [-0.39, 0.29) is 5.91 Å².